The van der Waals surface area contributed by atoms with Crippen LogP contribution in [-0.4, -0.2) is 11.1 Å². The predicted molar refractivity (Wildman–Crippen MR) is 69.0 cm³/mol. The number of hydrogen-bond acceptors (Lipinski definition) is 4. The lowest BCUT2D eigenvalue weighted by molar-refractivity contribution is 0.1000. The summed E-state index contributed by atoms with van der Waals surface area (Å²) in [6.45, 7) is 0. The maximum absolute atomic E-state index is 13.8. The number of carbonyl (C=O) groups is 1. The number of ether oxygens (including phenoxy) is 1. The van der Waals surface area contributed by atoms with Crippen molar-refractivity contribution in [3.63, 3.8) is 0 Å². The molecule has 0 fully saturated rings. The van der Waals surface area contributed by atoms with E-state index in [4.69, 9.17) is 10.5 Å². The van der Waals surface area contributed by atoms with Crippen LogP contribution in [0.1, 0.15) is 22.1 Å². The van der Waals surface area contributed by atoms with Crippen LogP contribution in [0, 0.1) is 11.6 Å². The SMILES string of the molecule is NC(=O)c1ccc2c(c1)N(O)C(c1c(F)cccc1F)O2. The number of anilines is 1. The van der Waals surface area contributed by atoms with E-state index in [1.807, 2.05) is 0 Å². The minimum Gasteiger partial charge on any atom is -0.462 e. The van der Waals surface area contributed by atoms with E-state index < -0.39 is 29.3 Å². The average Bonchev–Trinajstić information content (AvgIpc) is 2.75. The maximum Gasteiger partial charge on any atom is 0.248 e. The van der Waals surface area contributed by atoms with E-state index >= 15 is 0 Å². The highest BCUT2D eigenvalue weighted by atomic mass is 19.1. The van der Waals surface area contributed by atoms with Crippen LogP contribution in [0.15, 0.2) is 36.4 Å². The van der Waals surface area contributed by atoms with E-state index in [-0.39, 0.29) is 17.0 Å². The van der Waals surface area contributed by atoms with Gasteiger partial charge < -0.3 is 10.5 Å². The Hall–Kier alpha value is -2.67. The van der Waals surface area contributed by atoms with Crippen molar-refractivity contribution in [3.8, 4) is 5.75 Å². The number of nitrogens with two attached hydrogens (primary N) is 1. The van der Waals surface area contributed by atoms with Crippen LogP contribution >= 0.6 is 0 Å². The van der Waals surface area contributed by atoms with Gasteiger partial charge in [-0.3, -0.25) is 10.0 Å². The van der Waals surface area contributed by atoms with Crippen LogP contribution in [0.4, 0.5) is 14.5 Å². The van der Waals surface area contributed by atoms with Crippen molar-refractivity contribution in [1.29, 1.82) is 0 Å². The summed E-state index contributed by atoms with van der Waals surface area (Å²) in [4.78, 5) is 11.1. The average molecular weight is 292 g/mol. The molecule has 0 spiro atoms. The van der Waals surface area contributed by atoms with E-state index in [9.17, 15) is 18.8 Å². The third kappa shape index (κ3) is 2.07. The zero-order chi connectivity index (χ0) is 15.1. The number of hydroxylamine groups is 1. The Kier molecular flexibility index (Phi) is 2.99. The number of halogens is 2. The Labute approximate surface area is 118 Å². The first-order chi connectivity index (χ1) is 9.99. The van der Waals surface area contributed by atoms with Gasteiger partial charge in [0, 0.05) is 5.56 Å². The second-order valence-electron chi connectivity index (χ2n) is 4.50. The zero-order valence-corrected chi connectivity index (χ0v) is 10.6. The fraction of sp³-hybridized carbons (Fsp3) is 0.0714. The predicted octanol–water partition coefficient (Wildman–Crippen LogP) is 2.35. The summed E-state index contributed by atoms with van der Waals surface area (Å²) < 4.78 is 32.9. The third-order valence-electron chi connectivity index (χ3n) is 3.20. The molecule has 3 rings (SSSR count). The largest absolute Gasteiger partial charge is 0.462 e. The number of nitrogens with zero attached hydrogens (tertiary/aromatic N) is 1. The van der Waals surface area contributed by atoms with E-state index in [0.29, 0.717) is 5.06 Å². The molecule has 2 aromatic carbocycles. The minimum absolute atomic E-state index is 0.110. The molecule has 21 heavy (non-hydrogen) atoms. The van der Waals surface area contributed by atoms with Crippen LogP contribution in [0.2, 0.25) is 0 Å². The number of rotatable bonds is 2. The van der Waals surface area contributed by atoms with Gasteiger partial charge in [-0.1, -0.05) is 6.07 Å². The van der Waals surface area contributed by atoms with Gasteiger partial charge in [0.05, 0.1) is 5.56 Å². The van der Waals surface area contributed by atoms with Crippen LogP contribution in [0.3, 0.4) is 0 Å². The van der Waals surface area contributed by atoms with E-state index in [1.54, 1.807) is 0 Å². The molecule has 3 N–H and O–H groups in total. The number of fused-ring (bicyclic) bond motifs is 1. The molecule has 0 aromatic heterocycles. The van der Waals surface area contributed by atoms with Crippen molar-refractivity contribution in [3.05, 3.63) is 59.2 Å². The summed E-state index contributed by atoms with van der Waals surface area (Å²) in [6, 6.07) is 7.42. The van der Waals surface area contributed by atoms with Crippen molar-refractivity contribution in [2.24, 2.45) is 5.73 Å². The normalized spacial score (nSPS) is 16.5. The second-order valence-corrected chi connectivity index (χ2v) is 4.50. The van der Waals surface area contributed by atoms with Gasteiger partial charge in [0.2, 0.25) is 12.1 Å². The van der Waals surface area contributed by atoms with Crippen molar-refractivity contribution >= 4 is 11.6 Å². The van der Waals surface area contributed by atoms with Crippen LogP contribution in [-0.2, 0) is 0 Å². The van der Waals surface area contributed by atoms with Gasteiger partial charge in [-0.25, -0.2) is 13.8 Å². The quantitative estimate of drug-likeness (QED) is 0.891. The van der Waals surface area contributed by atoms with Crippen molar-refractivity contribution < 1.29 is 23.5 Å². The summed E-state index contributed by atoms with van der Waals surface area (Å²) in [7, 11) is 0. The Morgan fingerprint density at radius 3 is 2.52 bits per heavy atom. The van der Waals surface area contributed by atoms with Gasteiger partial charge in [0.25, 0.3) is 0 Å². The van der Waals surface area contributed by atoms with Gasteiger partial charge in [-0.2, -0.15) is 0 Å². The second kappa shape index (κ2) is 4.71. The molecule has 0 aliphatic carbocycles. The first kappa shape index (κ1) is 13.3. The lowest BCUT2D eigenvalue weighted by atomic mass is 10.1. The van der Waals surface area contributed by atoms with Crippen molar-refractivity contribution in [1.82, 2.24) is 0 Å². The molecule has 1 unspecified atom stereocenters. The molecule has 108 valence electrons. The molecule has 1 heterocycles. The van der Waals surface area contributed by atoms with Crippen LogP contribution in [0.5, 0.6) is 5.75 Å². The molecule has 7 heteroatoms. The Balaban J connectivity index is 2.04. The molecule has 5 nitrogen and oxygen atoms in total. The standard InChI is InChI=1S/C14H10F2N2O3/c15-8-2-1-3-9(16)12(8)14-18(20)10-6-7(13(17)19)4-5-11(10)21-14/h1-6,14,20H,(H2,17,19). The van der Waals surface area contributed by atoms with E-state index in [0.717, 1.165) is 12.1 Å². The molecule has 1 aliphatic rings. The fourth-order valence-corrected chi connectivity index (χ4v) is 2.17. The highest BCUT2D eigenvalue weighted by Gasteiger charge is 2.35. The Bertz CT molecular complexity index is 716. The van der Waals surface area contributed by atoms with Crippen LogP contribution < -0.4 is 15.5 Å². The highest BCUT2D eigenvalue weighted by Crippen LogP contribution is 2.43. The van der Waals surface area contributed by atoms with E-state index in [2.05, 4.69) is 0 Å². The van der Waals surface area contributed by atoms with Gasteiger partial charge in [-0.05, 0) is 30.3 Å². The van der Waals surface area contributed by atoms with Crippen molar-refractivity contribution in [2.45, 2.75) is 6.23 Å². The van der Waals surface area contributed by atoms with E-state index in [1.165, 1.54) is 24.3 Å². The Morgan fingerprint density at radius 2 is 1.90 bits per heavy atom. The van der Waals surface area contributed by atoms with Gasteiger partial charge in [-0.15, -0.1) is 0 Å². The first-order valence-corrected chi connectivity index (χ1v) is 6.01. The number of amides is 1. The van der Waals surface area contributed by atoms with Gasteiger partial charge in [0.15, 0.2) is 0 Å². The van der Waals surface area contributed by atoms with Crippen LogP contribution in [0.25, 0.3) is 0 Å². The molecule has 0 radical (unpaired) electrons. The monoisotopic (exact) mass is 292 g/mol. The summed E-state index contributed by atoms with van der Waals surface area (Å²) in [5.74, 6) is -2.19. The molecule has 1 atom stereocenters. The number of primary amides is 1. The molecule has 2 aromatic rings. The smallest absolute Gasteiger partial charge is 0.248 e. The van der Waals surface area contributed by atoms with Gasteiger partial charge in [0.1, 0.15) is 23.1 Å². The highest BCUT2D eigenvalue weighted by molar-refractivity contribution is 5.94. The number of carbonyl (C=O) groups excluding carboxylic acids is 1. The molecule has 0 saturated heterocycles. The molecule has 0 saturated carbocycles. The van der Waals surface area contributed by atoms with Crippen molar-refractivity contribution in [2.75, 3.05) is 5.06 Å². The summed E-state index contributed by atoms with van der Waals surface area (Å²) in [6.07, 6.45) is -1.37. The molecular formula is C14H10F2N2O3. The third-order valence-corrected chi connectivity index (χ3v) is 3.20. The fourth-order valence-electron chi connectivity index (χ4n) is 2.17. The minimum atomic E-state index is -1.37. The number of hydrogen-bond donors (Lipinski definition) is 2. The number of benzene rings is 2. The zero-order valence-electron chi connectivity index (χ0n) is 10.6. The summed E-state index contributed by atoms with van der Waals surface area (Å²) >= 11 is 0. The maximum atomic E-state index is 13.8. The molecular weight excluding hydrogens is 282 g/mol. The van der Waals surface area contributed by atoms with Gasteiger partial charge >= 0.3 is 0 Å². The molecule has 1 amide bonds. The molecule has 0 bridgehead atoms. The topological polar surface area (TPSA) is 75.8 Å². The summed E-state index contributed by atoms with van der Waals surface area (Å²) in [5.41, 5.74) is 4.98. The lowest BCUT2D eigenvalue weighted by Gasteiger charge is -2.19. The lowest BCUT2D eigenvalue weighted by Crippen LogP contribution is -2.25. The Morgan fingerprint density at radius 1 is 1.24 bits per heavy atom. The first-order valence-electron chi connectivity index (χ1n) is 6.01. The summed E-state index contributed by atoms with van der Waals surface area (Å²) in [5, 5.41) is 10.6. The molecule has 1 aliphatic heterocycles.